The molecule has 2 atom stereocenters. The molecular weight excluding hydrogens is 512 g/mol. The van der Waals surface area contributed by atoms with Crippen molar-refractivity contribution in [3.63, 3.8) is 0 Å². The Bertz CT molecular complexity index is 1360. The van der Waals surface area contributed by atoms with Gasteiger partial charge in [0.2, 0.25) is 5.91 Å². The summed E-state index contributed by atoms with van der Waals surface area (Å²) in [4.78, 5) is 29.9. The van der Waals surface area contributed by atoms with Crippen LogP contribution in [0.25, 0.3) is 5.69 Å². The van der Waals surface area contributed by atoms with Gasteiger partial charge >= 0.3 is 6.03 Å². The quantitative estimate of drug-likeness (QED) is 0.374. The van der Waals surface area contributed by atoms with Gasteiger partial charge in [0.1, 0.15) is 5.82 Å². The number of carbonyl (C=O) groups is 2. The molecule has 41 heavy (non-hydrogen) atoms. The lowest BCUT2D eigenvalue weighted by molar-refractivity contribution is -0.137. The van der Waals surface area contributed by atoms with Gasteiger partial charge in [0, 0.05) is 29.3 Å². The van der Waals surface area contributed by atoms with Gasteiger partial charge in [-0.3, -0.25) is 10.1 Å². The summed E-state index contributed by atoms with van der Waals surface area (Å²) in [7, 11) is 3.91. The third-order valence-electron chi connectivity index (χ3n) is 8.30. The second-order valence-corrected chi connectivity index (χ2v) is 13.2. The van der Waals surface area contributed by atoms with Gasteiger partial charge in [0.15, 0.2) is 0 Å². The van der Waals surface area contributed by atoms with Crippen molar-refractivity contribution in [1.82, 2.24) is 19.6 Å². The van der Waals surface area contributed by atoms with Gasteiger partial charge in [-0.1, -0.05) is 50.6 Å². The number of nitrogens with zero attached hydrogens (tertiary/aromatic N) is 4. The molecule has 1 aromatic heterocycles. The minimum absolute atomic E-state index is 0.156. The highest BCUT2D eigenvalue weighted by Crippen LogP contribution is 2.40. The van der Waals surface area contributed by atoms with Gasteiger partial charge in [0.05, 0.1) is 17.9 Å². The summed E-state index contributed by atoms with van der Waals surface area (Å²) in [6, 6.07) is 18.6. The Labute approximate surface area is 244 Å². The Hall–Kier alpha value is -3.65. The zero-order valence-corrected chi connectivity index (χ0v) is 25.3. The van der Waals surface area contributed by atoms with E-state index in [0.29, 0.717) is 30.4 Å². The van der Waals surface area contributed by atoms with E-state index in [1.165, 1.54) is 11.1 Å². The van der Waals surface area contributed by atoms with Crippen LogP contribution >= 0.6 is 0 Å². The number of anilines is 2. The molecule has 2 N–H and O–H groups in total. The van der Waals surface area contributed by atoms with E-state index in [0.717, 1.165) is 49.2 Å². The van der Waals surface area contributed by atoms with Gasteiger partial charge in [-0.15, -0.1) is 0 Å². The Kier molecular flexibility index (Phi) is 8.23. The molecule has 0 saturated carbocycles. The highest BCUT2D eigenvalue weighted by Gasteiger charge is 2.42. The highest BCUT2D eigenvalue weighted by molar-refractivity contribution is 5.99. The minimum Gasteiger partial charge on any atom is -0.336 e. The van der Waals surface area contributed by atoms with Crippen LogP contribution in [0.3, 0.4) is 0 Å². The molecule has 0 spiro atoms. The summed E-state index contributed by atoms with van der Waals surface area (Å²) in [5, 5.41) is 10.8. The predicted molar refractivity (Wildman–Crippen MR) is 165 cm³/mol. The fraction of sp³-hybridized carbons (Fsp3) is 0.485. The molecule has 3 amide bonds. The van der Waals surface area contributed by atoms with Crippen LogP contribution in [0.15, 0.2) is 54.6 Å². The average molecular weight is 557 g/mol. The summed E-state index contributed by atoms with van der Waals surface area (Å²) in [6.45, 7) is 8.87. The number of urea groups is 1. The van der Waals surface area contributed by atoms with E-state index in [9.17, 15) is 9.59 Å². The standard InChI is InChI=1S/C33H44N6O2/c1-22-7-13-26(14-8-22)39-30(20-29(36-39)33(2,3)4)35-32(41)34-25-11-9-23(10-12-25)17-24-18-27-15-16-28(19-24)38(27)31(40)21-37(5)6/h7-14,20,24,27-28H,15-19,21H2,1-6H3,(H2,34,35,41). The number of aromatic nitrogens is 2. The zero-order valence-electron chi connectivity index (χ0n) is 25.3. The average Bonchev–Trinajstić information content (AvgIpc) is 3.44. The van der Waals surface area contributed by atoms with Crippen LogP contribution in [-0.4, -0.2) is 64.2 Å². The fourth-order valence-corrected chi connectivity index (χ4v) is 6.27. The number of rotatable bonds is 7. The second-order valence-electron chi connectivity index (χ2n) is 13.2. The van der Waals surface area contributed by atoms with Crippen molar-refractivity contribution in [2.45, 2.75) is 77.3 Å². The molecule has 2 aromatic carbocycles. The lowest BCUT2D eigenvalue weighted by Crippen LogP contribution is -2.49. The van der Waals surface area contributed by atoms with Crippen LogP contribution < -0.4 is 10.6 Å². The number of benzene rings is 2. The monoisotopic (exact) mass is 556 g/mol. The molecule has 2 aliphatic heterocycles. The maximum atomic E-state index is 13.0. The topological polar surface area (TPSA) is 82.5 Å². The van der Waals surface area contributed by atoms with Crippen LogP contribution in [0, 0.1) is 12.8 Å². The number of carbonyl (C=O) groups excluding carboxylic acids is 2. The number of likely N-dealkylation sites (N-methyl/N-ethyl adjacent to an activating group) is 1. The van der Waals surface area contributed by atoms with Gasteiger partial charge in [-0.2, -0.15) is 5.10 Å². The van der Waals surface area contributed by atoms with Crippen LogP contribution in [-0.2, 0) is 16.6 Å². The smallest absolute Gasteiger partial charge is 0.324 e. The van der Waals surface area contributed by atoms with Crippen molar-refractivity contribution in [3.05, 3.63) is 71.4 Å². The predicted octanol–water partition coefficient (Wildman–Crippen LogP) is 6.00. The Morgan fingerprint density at radius 3 is 2.17 bits per heavy atom. The van der Waals surface area contributed by atoms with Gasteiger partial charge in [0.25, 0.3) is 0 Å². The number of hydrogen-bond acceptors (Lipinski definition) is 4. The number of fused-ring (bicyclic) bond motifs is 2. The first-order valence-electron chi connectivity index (χ1n) is 14.8. The SMILES string of the molecule is Cc1ccc(-n2nc(C(C)(C)C)cc2NC(=O)Nc2ccc(CC3CC4CCC(C3)N4C(=O)CN(C)C)cc2)cc1. The number of amides is 3. The molecule has 2 saturated heterocycles. The van der Waals surface area contributed by atoms with Crippen LogP contribution in [0.1, 0.15) is 63.3 Å². The first kappa shape index (κ1) is 28.9. The van der Waals surface area contributed by atoms with E-state index in [1.807, 2.05) is 68.4 Å². The maximum absolute atomic E-state index is 13.0. The van der Waals surface area contributed by atoms with Crippen molar-refractivity contribution in [3.8, 4) is 5.69 Å². The first-order valence-corrected chi connectivity index (χ1v) is 14.8. The van der Waals surface area contributed by atoms with Crippen molar-refractivity contribution in [2.75, 3.05) is 31.3 Å². The second kappa shape index (κ2) is 11.7. The normalized spacial score (nSPS) is 20.4. The summed E-state index contributed by atoms with van der Waals surface area (Å²) in [5.41, 5.74) is 4.82. The number of nitrogens with one attached hydrogen (secondary N) is 2. The number of aryl methyl sites for hydroxylation is 1. The van der Waals surface area contributed by atoms with Gasteiger partial charge in [-0.25, -0.2) is 9.48 Å². The Morgan fingerprint density at radius 1 is 0.951 bits per heavy atom. The van der Waals surface area contributed by atoms with Crippen LogP contribution in [0.4, 0.5) is 16.3 Å². The van der Waals surface area contributed by atoms with E-state index in [4.69, 9.17) is 5.10 Å². The lowest BCUT2D eigenvalue weighted by Gasteiger charge is -2.39. The van der Waals surface area contributed by atoms with Crippen molar-refractivity contribution >= 4 is 23.4 Å². The fourth-order valence-electron chi connectivity index (χ4n) is 6.27. The van der Waals surface area contributed by atoms with Crippen molar-refractivity contribution < 1.29 is 9.59 Å². The molecular formula is C33H44N6O2. The number of hydrogen-bond donors (Lipinski definition) is 2. The molecule has 2 unspecified atom stereocenters. The molecule has 2 aliphatic rings. The summed E-state index contributed by atoms with van der Waals surface area (Å²) < 4.78 is 1.79. The highest BCUT2D eigenvalue weighted by atomic mass is 16.2. The molecule has 0 aliphatic carbocycles. The first-order chi connectivity index (χ1) is 19.5. The zero-order chi connectivity index (χ0) is 29.3. The summed E-state index contributed by atoms with van der Waals surface area (Å²) >= 11 is 0. The number of piperidine rings is 1. The lowest BCUT2D eigenvalue weighted by atomic mass is 9.85. The van der Waals surface area contributed by atoms with Gasteiger partial charge in [-0.05, 0) is 88.9 Å². The third kappa shape index (κ3) is 6.81. The molecule has 218 valence electrons. The van der Waals surface area contributed by atoms with Crippen molar-refractivity contribution in [2.24, 2.45) is 5.92 Å². The summed E-state index contributed by atoms with van der Waals surface area (Å²) in [6.07, 6.45) is 5.39. The van der Waals surface area contributed by atoms with Crippen molar-refractivity contribution in [1.29, 1.82) is 0 Å². The van der Waals surface area contributed by atoms with Crippen LogP contribution in [0.5, 0.6) is 0 Å². The van der Waals surface area contributed by atoms with E-state index in [-0.39, 0.29) is 17.4 Å². The Morgan fingerprint density at radius 2 is 1.59 bits per heavy atom. The molecule has 0 radical (unpaired) electrons. The van der Waals surface area contributed by atoms with Crippen LogP contribution in [0.2, 0.25) is 0 Å². The van der Waals surface area contributed by atoms with E-state index in [1.54, 1.807) is 4.68 Å². The van der Waals surface area contributed by atoms with E-state index >= 15 is 0 Å². The molecule has 3 heterocycles. The molecule has 8 heteroatoms. The van der Waals surface area contributed by atoms with E-state index < -0.39 is 0 Å². The summed E-state index contributed by atoms with van der Waals surface area (Å²) in [5.74, 6) is 1.47. The molecule has 8 nitrogen and oxygen atoms in total. The van der Waals surface area contributed by atoms with E-state index in [2.05, 4.69) is 48.4 Å². The maximum Gasteiger partial charge on any atom is 0.324 e. The Balaban J connectivity index is 1.20. The third-order valence-corrected chi connectivity index (χ3v) is 8.30. The minimum atomic E-state index is -0.308. The van der Waals surface area contributed by atoms with Gasteiger partial charge < -0.3 is 15.1 Å². The molecule has 2 bridgehead atoms. The molecule has 5 rings (SSSR count). The molecule has 2 fully saturated rings. The largest absolute Gasteiger partial charge is 0.336 e. The molecule has 3 aromatic rings.